The molecular formula is C25H30F3N5O5S. The number of alkyl halides is 2. The Balaban J connectivity index is 1.85. The van der Waals surface area contributed by atoms with Crippen LogP contribution in [0.4, 0.5) is 29.3 Å². The number of anilines is 2. The van der Waals surface area contributed by atoms with Crippen molar-refractivity contribution in [1.82, 2.24) is 15.8 Å². The zero-order valence-corrected chi connectivity index (χ0v) is 22.3. The number of amides is 4. The maximum atomic E-state index is 15.1. The summed E-state index contributed by atoms with van der Waals surface area (Å²) in [6.07, 6.45) is -3.34. The van der Waals surface area contributed by atoms with Gasteiger partial charge >= 0.3 is 18.4 Å². The van der Waals surface area contributed by atoms with Gasteiger partial charge in [-0.2, -0.15) is 8.78 Å². The van der Waals surface area contributed by atoms with Crippen LogP contribution in [0.1, 0.15) is 29.8 Å². The topological polar surface area (TPSA) is 119 Å². The Kier molecular flexibility index (Phi) is 9.78. The van der Waals surface area contributed by atoms with Gasteiger partial charge in [-0.15, -0.1) is 0 Å². The molecule has 10 nitrogen and oxygen atoms in total. The molecule has 0 aliphatic carbocycles. The second-order valence-electron chi connectivity index (χ2n) is 8.75. The molecule has 1 aliphatic heterocycles. The number of nitrogens with one attached hydrogen (secondary N) is 2. The Bertz CT molecular complexity index is 1290. The van der Waals surface area contributed by atoms with Crippen molar-refractivity contribution >= 4 is 39.1 Å². The summed E-state index contributed by atoms with van der Waals surface area (Å²) < 4.78 is 63.4. The summed E-state index contributed by atoms with van der Waals surface area (Å²) in [5.41, 5.74) is 4.50. The molecule has 2 aromatic carbocycles. The zero-order chi connectivity index (χ0) is 28.7. The number of urea groups is 1. The summed E-state index contributed by atoms with van der Waals surface area (Å²) in [5, 5.41) is 0. The van der Waals surface area contributed by atoms with Crippen LogP contribution in [0.25, 0.3) is 0 Å². The van der Waals surface area contributed by atoms with Crippen molar-refractivity contribution in [3.63, 3.8) is 0 Å². The highest BCUT2D eigenvalue weighted by atomic mass is 32.2. The maximum Gasteiger partial charge on any atom is 0.324 e. The number of carbonyl (C=O) groups is 3. The van der Waals surface area contributed by atoms with Gasteiger partial charge in [-0.05, 0) is 50.2 Å². The third-order valence-corrected chi connectivity index (χ3v) is 7.89. The van der Waals surface area contributed by atoms with Gasteiger partial charge in [-0.1, -0.05) is 6.07 Å². The Morgan fingerprint density at radius 3 is 2.08 bits per heavy atom. The van der Waals surface area contributed by atoms with Crippen LogP contribution in [-0.4, -0.2) is 75.3 Å². The van der Waals surface area contributed by atoms with Crippen LogP contribution in [-0.2, 0) is 21.2 Å². The fourth-order valence-corrected chi connectivity index (χ4v) is 5.21. The van der Waals surface area contributed by atoms with E-state index in [9.17, 15) is 31.6 Å². The molecular weight excluding hydrogens is 539 g/mol. The molecule has 3 rings (SSSR count). The highest BCUT2D eigenvalue weighted by molar-refractivity contribution is 7.91. The number of hydrogen-bond acceptors (Lipinski definition) is 6. The summed E-state index contributed by atoms with van der Waals surface area (Å²) in [6, 6.07) is 9.96. The Labute approximate surface area is 224 Å². The molecule has 39 heavy (non-hydrogen) atoms. The predicted octanol–water partition coefficient (Wildman–Crippen LogP) is 2.56. The summed E-state index contributed by atoms with van der Waals surface area (Å²) in [6.45, 7) is 5.34. The molecule has 0 aromatic heterocycles. The van der Waals surface area contributed by atoms with Crippen LogP contribution < -0.4 is 20.7 Å². The highest BCUT2D eigenvalue weighted by Gasteiger charge is 2.29. The average molecular weight is 570 g/mol. The van der Waals surface area contributed by atoms with Gasteiger partial charge in [-0.25, -0.2) is 17.6 Å². The van der Waals surface area contributed by atoms with Crippen molar-refractivity contribution in [1.29, 1.82) is 0 Å². The monoisotopic (exact) mass is 569 g/mol. The fourth-order valence-electron chi connectivity index (χ4n) is 4.01. The van der Waals surface area contributed by atoms with Crippen LogP contribution in [0, 0.1) is 5.82 Å². The molecule has 1 heterocycles. The minimum absolute atomic E-state index is 0.00112. The molecule has 1 saturated heterocycles. The van der Waals surface area contributed by atoms with Crippen molar-refractivity contribution in [2.45, 2.75) is 26.8 Å². The van der Waals surface area contributed by atoms with E-state index < -0.39 is 39.9 Å². The van der Waals surface area contributed by atoms with Gasteiger partial charge in [0.1, 0.15) is 5.82 Å². The van der Waals surface area contributed by atoms with Crippen molar-refractivity contribution in [2.24, 2.45) is 0 Å². The quantitative estimate of drug-likeness (QED) is 0.472. The molecule has 2 aromatic rings. The molecule has 0 saturated carbocycles. The van der Waals surface area contributed by atoms with E-state index in [0.717, 1.165) is 24.8 Å². The molecule has 212 valence electrons. The number of benzene rings is 2. The lowest BCUT2D eigenvalue weighted by Gasteiger charge is -2.33. The molecule has 4 amide bonds. The molecule has 2 N–H and O–H groups in total. The minimum atomic E-state index is -3.34. The van der Waals surface area contributed by atoms with Gasteiger partial charge in [-0.3, -0.25) is 25.3 Å². The average Bonchev–Trinajstić information content (AvgIpc) is 2.91. The van der Waals surface area contributed by atoms with Gasteiger partial charge in [0.2, 0.25) is 0 Å². The van der Waals surface area contributed by atoms with Crippen molar-refractivity contribution in [3.8, 4) is 0 Å². The highest BCUT2D eigenvalue weighted by Crippen LogP contribution is 2.25. The Morgan fingerprint density at radius 1 is 0.949 bits per heavy atom. The molecule has 1 fully saturated rings. The Morgan fingerprint density at radius 2 is 1.54 bits per heavy atom. The standard InChI is InChI=1S/C25H30F3N5O5S/c1-3-31(4-2)19-7-9-20(10-8-19)33(25(36)32-11-13-39(37,38)14-12-32)16-18-6-5-17(15-21(18)26)23(34)29-30-24(35)22(27)28/h5-10,15,22H,3-4,11-14,16H2,1-2H3,(H,29,34)(H,30,35). The zero-order valence-electron chi connectivity index (χ0n) is 21.5. The SMILES string of the molecule is CCN(CC)c1ccc(N(Cc2ccc(C(=O)NNC(=O)C(F)F)cc2F)C(=O)N2CCS(=O)(=O)CC2)cc1. The third-order valence-electron chi connectivity index (χ3n) is 6.28. The minimum Gasteiger partial charge on any atom is -0.372 e. The smallest absolute Gasteiger partial charge is 0.324 e. The lowest BCUT2D eigenvalue weighted by atomic mass is 10.1. The van der Waals surface area contributed by atoms with Gasteiger partial charge in [0.25, 0.3) is 5.91 Å². The predicted molar refractivity (Wildman–Crippen MR) is 140 cm³/mol. The number of carbonyl (C=O) groups excluding carboxylic acids is 3. The van der Waals surface area contributed by atoms with Crippen LogP contribution in [0.2, 0.25) is 0 Å². The number of hydrazine groups is 1. The summed E-state index contributed by atoms with van der Waals surface area (Å²) in [7, 11) is -3.24. The van der Waals surface area contributed by atoms with Crippen LogP contribution in [0.3, 0.4) is 0 Å². The fraction of sp³-hybridized carbons (Fsp3) is 0.400. The largest absolute Gasteiger partial charge is 0.372 e. The maximum absolute atomic E-state index is 15.1. The van der Waals surface area contributed by atoms with Crippen LogP contribution >= 0.6 is 0 Å². The van der Waals surface area contributed by atoms with E-state index in [-0.39, 0.29) is 42.3 Å². The number of rotatable bonds is 8. The number of nitrogens with zero attached hydrogens (tertiary/aromatic N) is 3. The number of halogens is 3. The molecule has 0 unspecified atom stereocenters. The lowest BCUT2D eigenvalue weighted by molar-refractivity contribution is -0.132. The van der Waals surface area contributed by atoms with Crippen LogP contribution in [0.15, 0.2) is 42.5 Å². The molecule has 14 heteroatoms. The Hall–Kier alpha value is -3.81. The molecule has 1 aliphatic rings. The molecule has 0 atom stereocenters. The summed E-state index contributed by atoms with van der Waals surface area (Å²) in [5.74, 6) is -3.92. The van der Waals surface area contributed by atoms with Crippen LogP contribution in [0.5, 0.6) is 0 Å². The van der Waals surface area contributed by atoms with E-state index in [1.807, 2.05) is 26.0 Å². The first kappa shape index (κ1) is 29.7. The van der Waals surface area contributed by atoms with Crippen molar-refractivity contribution in [2.75, 3.05) is 47.5 Å². The van der Waals surface area contributed by atoms with E-state index in [0.29, 0.717) is 5.69 Å². The number of hydrogen-bond donors (Lipinski definition) is 2. The normalized spacial score (nSPS) is 14.6. The second kappa shape index (κ2) is 12.8. The van der Waals surface area contributed by atoms with Crippen molar-refractivity contribution < 1.29 is 36.0 Å². The first-order valence-electron chi connectivity index (χ1n) is 12.2. The summed E-state index contributed by atoms with van der Waals surface area (Å²) in [4.78, 5) is 41.4. The van der Waals surface area contributed by atoms with E-state index in [2.05, 4.69) is 4.90 Å². The molecule has 0 spiro atoms. The molecule has 0 radical (unpaired) electrons. The van der Waals surface area contributed by atoms with E-state index in [1.54, 1.807) is 17.6 Å². The molecule has 0 bridgehead atoms. The second-order valence-corrected chi connectivity index (χ2v) is 11.1. The van der Waals surface area contributed by atoms with E-state index >= 15 is 4.39 Å². The third kappa shape index (κ3) is 7.62. The van der Waals surface area contributed by atoms with E-state index in [4.69, 9.17) is 0 Å². The van der Waals surface area contributed by atoms with Gasteiger partial charge in [0.15, 0.2) is 9.84 Å². The van der Waals surface area contributed by atoms with Gasteiger partial charge in [0, 0.05) is 48.7 Å². The number of sulfone groups is 1. The van der Waals surface area contributed by atoms with Crippen molar-refractivity contribution in [3.05, 3.63) is 59.4 Å². The van der Waals surface area contributed by atoms with Gasteiger partial charge < -0.3 is 9.80 Å². The summed E-state index contributed by atoms with van der Waals surface area (Å²) >= 11 is 0. The van der Waals surface area contributed by atoms with E-state index in [1.165, 1.54) is 27.4 Å². The van der Waals surface area contributed by atoms with Gasteiger partial charge in [0.05, 0.1) is 18.1 Å². The lowest BCUT2D eigenvalue weighted by Crippen LogP contribution is -2.49. The first-order chi connectivity index (χ1) is 18.5. The first-order valence-corrected chi connectivity index (χ1v) is 14.1.